The predicted molar refractivity (Wildman–Crippen MR) is 93.2 cm³/mol. The summed E-state index contributed by atoms with van der Waals surface area (Å²) in [7, 11) is 0. The van der Waals surface area contributed by atoms with Crippen LogP contribution in [0.4, 0.5) is 0 Å². The molecule has 1 N–H and O–H groups in total. The van der Waals surface area contributed by atoms with Crippen LogP contribution < -0.4 is 5.56 Å². The smallest absolute Gasteiger partial charge is 0.251 e. The third kappa shape index (κ3) is 2.94. The van der Waals surface area contributed by atoms with Gasteiger partial charge in [-0.1, -0.05) is 16.8 Å². The zero-order valence-corrected chi connectivity index (χ0v) is 13.4. The summed E-state index contributed by atoms with van der Waals surface area (Å²) in [5, 5.41) is 8.45. The van der Waals surface area contributed by atoms with Crippen LogP contribution in [0.5, 0.6) is 0 Å². The van der Waals surface area contributed by atoms with Gasteiger partial charge in [-0.05, 0) is 31.2 Å². The number of aromatic amines is 1. The second kappa shape index (κ2) is 6.12. The van der Waals surface area contributed by atoms with Crippen molar-refractivity contribution in [3.05, 3.63) is 77.2 Å². The van der Waals surface area contributed by atoms with Crippen molar-refractivity contribution in [1.82, 2.24) is 29.9 Å². The number of nitrogens with zero attached hydrogens (tertiary/aromatic N) is 5. The van der Waals surface area contributed by atoms with E-state index in [1.54, 1.807) is 17.1 Å². The Balaban J connectivity index is 1.84. The van der Waals surface area contributed by atoms with Crippen molar-refractivity contribution in [3.63, 3.8) is 0 Å². The number of hydrogen-bond donors (Lipinski definition) is 1. The Morgan fingerprint density at radius 1 is 1.12 bits per heavy atom. The quantitative estimate of drug-likeness (QED) is 0.623. The molecule has 122 valence electrons. The van der Waals surface area contributed by atoms with Gasteiger partial charge >= 0.3 is 0 Å². The molecule has 3 aromatic heterocycles. The predicted octanol–water partition coefficient (Wildman–Crippen LogP) is 2.39. The van der Waals surface area contributed by atoms with Gasteiger partial charge in [0.2, 0.25) is 0 Å². The lowest BCUT2D eigenvalue weighted by Crippen LogP contribution is -2.06. The van der Waals surface area contributed by atoms with Crippen LogP contribution in [0.25, 0.3) is 28.2 Å². The van der Waals surface area contributed by atoms with Gasteiger partial charge in [0.25, 0.3) is 5.56 Å². The molecular weight excluding hydrogens is 316 g/mol. The molecule has 0 fully saturated rings. The molecule has 0 unspecified atom stereocenters. The highest BCUT2D eigenvalue weighted by Gasteiger charge is 2.12. The Hall–Kier alpha value is -3.61. The summed E-state index contributed by atoms with van der Waals surface area (Å²) in [6.07, 6.45) is 6.68. The summed E-state index contributed by atoms with van der Waals surface area (Å²) in [5.41, 5.74) is 4.66. The number of nitrogens with one attached hydrogen (secondary N) is 1. The van der Waals surface area contributed by atoms with Gasteiger partial charge in [0, 0.05) is 29.6 Å². The molecule has 7 heteroatoms. The summed E-state index contributed by atoms with van der Waals surface area (Å²) in [6.45, 7) is 1.99. The summed E-state index contributed by atoms with van der Waals surface area (Å²) in [4.78, 5) is 22.6. The zero-order chi connectivity index (χ0) is 17.2. The van der Waals surface area contributed by atoms with Gasteiger partial charge < -0.3 is 4.98 Å². The second-order valence-corrected chi connectivity index (χ2v) is 5.61. The Labute approximate surface area is 143 Å². The number of aromatic nitrogens is 6. The third-order valence-corrected chi connectivity index (χ3v) is 3.80. The number of H-pyrrole nitrogens is 1. The number of rotatable bonds is 3. The van der Waals surface area contributed by atoms with E-state index >= 15 is 0 Å². The first-order valence-electron chi connectivity index (χ1n) is 7.69. The highest BCUT2D eigenvalue weighted by molar-refractivity contribution is 5.71. The van der Waals surface area contributed by atoms with Crippen LogP contribution in [-0.2, 0) is 0 Å². The van der Waals surface area contributed by atoms with Crippen LogP contribution in [0.15, 0.2) is 66.1 Å². The normalized spacial score (nSPS) is 10.8. The molecule has 25 heavy (non-hydrogen) atoms. The van der Waals surface area contributed by atoms with Crippen molar-refractivity contribution < 1.29 is 0 Å². The van der Waals surface area contributed by atoms with Crippen LogP contribution in [0, 0.1) is 6.92 Å². The fourth-order valence-corrected chi connectivity index (χ4v) is 2.60. The van der Waals surface area contributed by atoms with Crippen molar-refractivity contribution in [3.8, 4) is 28.2 Å². The minimum Gasteiger partial charge on any atom is -0.313 e. The van der Waals surface area contributed by atoms with Gasteiger partial charge in [-0.3, -0.25) is 9.78 Å². The van der Waals surface area contributed by atoms with Crippen LogP contribution in [-0.4, -0.2) is 29.9 Å². The molecule has 0 saturated carbocycles. The monoisotopic (exact) mass is 330 g/mol. The number of pyridine rings is 1. The molecule has 1 aromatic carbocycles. The second-order valence-electron chi connectivity index (χ2n) is 5.61. The number of benzene rings is 1. The largest absolute Gasteiger partial charge is 0.313 e. The molecule has 0 amide bonds. The van der Waals surface area contributed by atoms with E-state index in [0.717, 1.165) is 28.1 Å². The lowest BCUT2D eigenvalue weighted by molar-refractivity contribution is 0.804. The molecule has 0 aliphatic carbocycles. The molecule has 0 bridgehead atoms. The van der Waals surface area contributed by atoms with E-state index in [2.05, 4.69) is 25.3 Å². The Morgan fingerprint density at radius 2 is 2.04 bits per heavy atom. The fourth-order valence-electron chi connectivity index (χ4n) is 2.60. The average molecular weight is 330 g/mol. The highest BCUT2D eigenvalue weighted by atomic mass is 16.1. The lowest BCUT2D eigenvalue weighted by Gasteiger charge is -2.09. The summed E-state index contributed by atoms with van der Waals surface area (Å²) in [5.74, 6) is 0. The van der Waals surface area contributed by atoms with E-state index in [1.807, 2.05) is 43.5 Å². The molecule has 0 saturated heterocycles. The van der Waals surface area contributed by atoms with Crippen LogP contribution in [0.3, 0.4) is 0 Å². The molecular formula is C18H14N6O. The molecule has 3 heterocycles. The molecule has 4 aromatic rings. The minimum atomic E-state index is -0.202. The van der Waals surface area contributed by atoms with E-state index in [1.165, 1.54) is 12.4 Å². The van der Waals surface area contributed by atoms with Crippen molar-refractivity contribution in [2.24, 2.45) is 0 Å². The van der Waals surface area contributed by atoms with Gasteiger partial charge in [0.1, 0.15) is 5.69 Å². The van der Waals surface area contributed by atoms with Crippen LogP contribution in [0.2, 0.25) is 0 Å². The molecule has 0 radical (unpaired) electrons. The maximum atomic E-state index is 11.6. The van der Waals surface area contributed by atoms with E-state index < -0.39 is 0 Å². The standard InChI is InChI=1S/C18H14N6O/c1-12-4-5-17(14(7-12)15-8-18(25)21-11-20-15)24-10-16(22-23-24)13-3-2-6-19-9-13/h2-11H,1H3,(H,20,21,25). The van der Waals surface area contributed by atoms with Crippen LogP contribution >= 0.6 is 0 Å². The highest BCUT2D eigenvalue weighted by Crippen LogP contribution is 2.26. The van der Waals surface area contributed by atoms with Crippen molar-refractivity contribution in [2.45, 2.75) is 6.92 Å². The van der Waals surface area contributed by atoms with E-state index in [9.17, 15) is 4.79 Å². The van der Waals surface area contributed by atoms with Gasteiger partial charge in [-0.2, -0.15) is 0 Å². The fraction of sp³-hybridized carbons (Fsp3) is 0.0556. The van der Waals surface area contributed by atoms with Gasteiger partial charge in [0.15, 0.2) is 0 Å². The lowest BCUT2D eigenvalue weighted by atomic mass is 10.1. The molecule has 0 spiro atoms. The van der Waals surface area contributed by atoms with Gasteiger partial charge in [-0.25, -0.2) is 9.67 Å². The maximum absolute atomic E-state index is 11.6. The van der Waals surface area contributed by atoms with Crippen LogP contribution in [0.1, 0.15) is 5.56 Å². The van der Waals surface area contributed by atoms with Gasteiger partial charge in [-0.15, -0.1) is 5.10 Å². The van der Waals surface area contributed by atoms with Crippen molar-refractivity contribution in [2.75, 3.05) is 0 Å². The first-order chi connectivity index (χ1) is 12.2. The molecule has 0 aliphatic rings. The Bertz CT molecular complexity index is 1080. The van der Waals surface area contributed by atoms with Crippen molar-refractivity contribution in [1.29, 1.82) is 0 Å². The first kappa shape index (κ1) is 14.9. The molecule has 0 aliphatic heterocycles. The molecule has 4 rings (SSSR count). The summed E-state index contributed by atoms with van der Waals surface area (Å²) < 4.78 is 1.68. The third-order valence-electron chi connectivity index (χ3n) is 3.80. The molecule has 7 nitrogen and oxygen atoms in total. The van der Waals surface area contributed by atoms with E-state index in [4.69, 9.17) is 0 Å². The van der Waals surface area contributed by atoms with Gasteiger partial charge in [0.05, 0.1) is 23.9 Å². The first-order valence-corrected chi connectivity index (χ1v) is 7.69. The number of aryl methyl sites for hydroxylation is 1. The van der Waals surface area contributed by atoms with E-state index in [-0.39, 0.29) is 5.56 Å². The van der Waals surface area contributed by atoms with E-state index in [0.29, 0.717) is 5.69 Å². The SMILES string of the molecule is Cc1ccc(-n2cc(-c3cccnc3)nn2)c(-c2cc(=O)[nH]cn2)c1. The van der Waals surface area contributed by atoms with Crippen molar-refractivity contribution >= 4 is 0 Å². The summed E-state index contributed by atoms with van der Waals surface area (Å²) in [6, 6.07) is 11.1. The average Bonchev–Trinajstić information content (AvgIpc) is 3.12. The Morgan fingerprint density at radius 3 is 2.84 bits per heavy atom. The maximum Gasteiger partial charge on any atom is 0.251 e. The minimum absolute atomic E-state index is 0.202. The summed E-state index contributed by atoms with van der Waals surface area (Å²) >= 11 is 0. The molecule has 0 atom stereocenters. The number of hydrogen-bond acceptors (Lipinski definition) is 5. The topological polar surface area (TPSA) is 89.4 Å². The Kier molecular flexibility index (Phi) is 3.66. The zero-order valence-electron chi connectivity index (χ0n) is 13.4.